The average Bonchev–Trinajstić information content (AvgIpc) is 2.10. The maximum atomic E-state index is 10.4. The Hall–Kier alpha value is 0.580. The molecule has 0 saturated carbocycles. The van der Waals surface area contributed by atoms with Crippen molar-refractivity contribution in [2.24, 2.45) is 0 Å². The van der Waals surface area contributed by atoms with E-state index < -0.39 is 11.1 Å². The highest BCUT2D eigenvalue weighted by molar-refractivity contribution is 9.11. The van der Waals surface area contributed by atoms with Gasteiger partial charge in [-0.15, -0.1) is 11.3 Å². The third-order valence-electron chi connectivity index (χ3n) is 0.814. The van der Waals surface area contributed by atoms with Crippen LogP contribution in [-0.2, 0) is 11.1 Å². The van der Waals surface area contributed by atoms with Crippen LogP contribution in [0.25, 0.3) is 0 Å². The van der Waals surface area contributed by atoms with E-state index in [1.165, 1.54) is 17.4 Å². The summed E-state index contributed by atoms with van der Waals surface area (Å²) in [5.74, 6) is 0. The lowest BCUT2D eigenvalue weighted by Crippen LogP contribution is -1.83. The second kappa shape index (κ2) is 3.32. The molecule has 1 rings (SSSR count). The molecule has 1 atom stereocenters. The summed E-state index contributed by atoms with van der Waals surface area (Å²) >= 11 is 7.97. The summed E-state index contributed by atoms with van der Waals surface area (Å²) in [6.45, 7) is 0. The second-order valence-electron chi connectivity index (χ2n) is 1.44. The lowest BCUT2D eigenvalue weighted by Gasteiger charge is -1.85. The maximum Gasteiger partial charge on any atom is 0.188 e. The molecule has 0 saturated heterocycles. The van der Waals surface area contributed by atoms with E-state index in [2.05, 4.69) is 15.9 Å². The molecule has 10 heavy (non-hydrogen) atoms. The van der Waals surface area contributed by atoms with Crippen LogP contribution in [0.5, 0.6) is 0 Å². The lowest BCUT2D eigenvalue weighted by molar-refractivity contribution is 0.565. The van der Waals surface area contributed by atoms with Gasteiger partial charge in [-0.1, -0.05) is 11.6 Å². The van der Waals surface area contributed by atoms with Gasteiger partial charge in [-0.05, 0) is 22.0 Å². The summed E-state index contributed by atoms with van der Waals surface area (Å²) in [6, 6.07) is 1.53. The highest BCUT2D eigenvalue weighted by Gasteiger charge is 2.09. The highest BCUT2D eigenvalue weighted by atomic mass is 79.9. The molecular formula is C4H2BrClO2S2. The summed E-state index contributed by atoms with van der Waals surface area (Å²) in [7, 11) is 0. The Labute approximate surface area is 77.6 Å². The molecule has 0 aromatic carbocycles. The highest BCUT2D eigenvalue weighted by Crippen LogP contribution is 2.32. The van der Waals surface area contributed by atoms with Gasteiger partial charge in [0.2, 0.25) is 0 Å². The minimum atomic E-state index is -1.97. The van der Waals surface area contributed by atoms with Crippen LogP contribution in [-0.4, -0.2) is 8.76 Å². The molecule has 1 aromatic rings. The fourth-order valence-electron chi connectivity index (χ4n) is 0.444. The second-order valence-corrected chi connectivity index (χ2v) is 5.41. The van der Waals surface area contributed by atoms with Crippen molar-refractivity contribution in [3.05, 3.63) is 14.2 Å². The Bertz CT molecular complexity index is 272. The molecule has 0 spiro atoms. The van der Waals surface area contributed by atoms with Crippen LogP contribution in [0.4, 0.5) is 0 Å². The van der Waals surface area contributed by atoms with Crippen LogP contribution in [0.3, 0.4) is 0 Å². The zero-order valence-electron chi connectivity index (χ0n) is 4.51. The van der Waals surface area contributed by atoms with E-state index in [-0.39, 0.29) is 4.90 Å². The van der Waals surface area contributed by atoms with Crippen molar-refractivity contribution < 1.29 is 8.76 Å². The zero-order chi connectivity index (χ0) is 7.72. The van der Waals surface area contributed by atoms with Gasteiger partial charge < -0.3 is 4.55 Å². The molecule has 0 amide bonds. The Kier molecular flexibility index (Phi) is 2.88. The molecule has 0 radical (unpaired) electrons. The van der Waals surface area contributed by atoms with Gasteiger partial charge in [0.1, 0.15) is 4.34 Å². The number of hydrogen-bond donors (Lipinski definition) is 1. The van der Waals surface area contributed by atoms with Gasteiger partial charge in [-0.25, -0.2) is 4.21 Å². The van der Waals surface area contributed by atoms with Crippen LogP contribution in [0.2, 0.25) is 4.34 Å². The first-order valence-corrected chi connectivity index (χ1v) is 5.26. The van der Waals surface area contributed by atoms with Crippen LogP contribution in [0, 0.1) is 0 Å². The van der Waals surface area contributed by atoms with Crippen molar-refractivity contribution in [2.75, 3.05) is 0 Å². The monoisotopic (exact) mass is 260 g/mol. The molecule has 0 fully saturated rings. The quantitative estimate of drug-likeness (QED) is 0.789. The van der Waals surface area contributed by atoms with Crippen molar-refractivity contribution in [3.8, 4) is 0 Å². The van der Waals surface area contributed by atoms with Gasteiger partial charge in [0.05, 0.1) is 8.68 Å². The minimum absolute atomic E-state index is 0.263. The molecule has 0 aliphatic heterocycles. The van der Waals surface area contributed by atoms with Crippen molar-refractivity contribution >= 4 is 49.9 Å². The molecule has 0 aliphatic rings. The van der Waals surface area contributed by atoms with Gasteiger partial charge in [-0.3, -0.25) is 0 Å². The van der Waals surface area contributed by atoms with Crippen LogP contribution in [0.1, 0.15) is 0 Å². The lowest BCUT2D eigenvalue weighted by atomic mass is 10.7. The summed E-state index contributed by atoms with van der Waals surface area (Å²) in [6.07, 6.45) is 0. The maximum absolute atomic E-state index is 10.4. The summed E-state index contributed by atoms with van der Waals surface area (Å²) < 4.78 is 20.2. The molecule has 1 heterocycles. The standard InChI is InChI=1S/C4H2BrClO2S2/c5-3-1-2(10(7)8)4(6)9-3/h1H,(H,7,8). The van der Waals surface area contributed by atoms with Crippen molar-refractivity contribution in [1.29, 1.82) is 0 Å². The van der Waals surface area contributed by atoms with Gasteiger partial charge in [0.15, 0.2) is 11.1 Å². The van der Waals surface area contributed by atoms with Crippen molar-refractivity contribution in [2.45, 2.75) is 4.90 Å². The zero-order valence-corrected chi connectivity index (χ0v) is 8.48. The van der Waals surface area contributed by atoms with Gasteiger partial charge in [0.25, 0.3) is 0 Å². The molecule has 56 valence electrons. The molecule has 1 N–H and O–H groups in total. The number of hydrogen-bond acceptors (Lipinski definition) is 2. The molecule has 2 nitrogen and oxygen atoms in total. The Morgan fingerprint density at radius 2 is 2.40 bits per heavy atom. The van der Waals surface area contributed by atoms with E-state index in [0.29, 0.717) is 4.34 Å². The summed E-state index contributed by atoms with van der Waals surface area (Å²) in [4.78, 5) is 0.263. The van der Waals surface area contributed by atoms with E-state index in [1.807, 2.05) is 0 Å². The van der Waals surface area contributed by atoms with Crippen LogP contribution < -0.4 is 0 Å². The molecule has 1 aromatic heterocycles. The van der Waals surface area contributed by atoms with E-state index in [4.69, 9.17) is 16.2 Å². The molecule has 6 heteroatoms. The third-order valence-corrected chi connectivity index (χ3v) is 3.61. The number of rotatable bonds is 1. The predicted molar refractivity (Wildman–Crippen MR) is 46.1 cm³/mol. The average molecular weight is 262 g/mol. The van der Waals surface area contributed by atoms with E-state index in [0.717, 1.165) is 3.79 Å². The topological polar surface area (TPSA) is 37.3 Å². The van der Waals surface area contributed by atoms with Gasteiger partial charge >= 0.3 is 0 Å². The first-order valence-electron chi connectivity index (χ1n) is 2.17. The Morgan fingerprint density at radius 1 is 1.80 bits per heavy atom. The fourth-order valence-corrected chi connectivity index (χ4v) is 3.37. The van der Waals surface area contributed by atoms with Gasteiger partial charge in [-0.2, -0.15) is 0 Å². The summed E-state index contributed by atoms with van der Waals surface area (Å²) in [5, 5.41) is 0. The first-order chi connectivity index (χ1) is 4.61. The SMILES string of the molecule is O=S(O)c1cc(Br)sc1Cl. The van der Waals surface area contributed by atoms with Crippen LogP contribution in [0.15, 0.2) is 14.7 Å². The van der Waals surface area contributed by atoms with Gasteiger partial charge in [0, 0.05) is 0 Å². The first kappa shape index (κ1) is 8.67. The number of halogens is 2. The minimum Gasteiger partial charge on any atom is -0.302 e. The fraction of sp³-hybridized carbons (Fsp3) is 0. The van der Waals surface area contributed by atoms with E-state index in [1.54, 1.807) is 0 Å². The smallest absolute Gasteiger partial charge is 0.188 e. The van der Waals surface area contributed by atoms with Crippen molar-refractivity contribution in [3.63, 3.8) is 0 Å². The largest absolute Gasteiger partial charge is 0.302 e. The van der Waals surface area contributed by atoms with E-state index >= 15 is 0 Å². The molecular weight excluding hydrogens is 260 g/mol. The third kappa shape index (κ3) is 1.79. The van der Waals surface area contributed by atoms with E-state index in [9.17, 15) is 4.21 Å². The Morgan fingerprint density at radius 3 is 2.60 bits per heavy atom. The molecule has 1 unspecified atom stereocenters. The normalized spacial score (nSPS) is 13.5. The summed E-state index contributed by atoms with van der Waals surface area (Å²) in [5.41, 5.74) is 0. The molecule has 0 bridgehead atoms. The molecule has 0 aliphatic carbocycles. The number of thiophene rings is 1. The predicted octanol–water partition coefficient (Wildman–Crippen LogP) is 2.74. The van der Waals surface area contributed by atoms with Crippen LogP contribution >= 0.6 is 38.9 Å². The Balaban J connectivity index is 3.15. The van der Waals surface area contributed by atoms with Crippen molar-refractivity contribution in [1.82, 2.24) is 0 Å².